The van der Waals surface area contributed by atoms with Gasteiger partial charge in [-0.25, -0.2) is 8.42 Å². The van der Waals surface area contributed by atoms with Crippen molar-refractivity contribution < 1.29 is 13.2 Å². The van der Waals surface area contributed by atoms with E-state index in [1.54, 1.807) is 55.5 Å². The molecule has 0 aromatic heterocycles. The number of rotatable bonds is 8. The number of nitrogens with zero attached hydrogens (tertiary/aromatic N) is 1. The van der Waals surface area contributed by atoms with Crippen molar-refractivity contribution in [1.82, 2.24) is 9.62 Å². The molecule has 0 aliphatic rings. The number of sulfonamides is 1. The van der Waals surface area contributed by atoms with Gasteiger partial charge in [-0.1, -0.05) is 54.4 Å². The van der Waals surface area contributed by atoms with Crippen LogP contribution in [0.3, 0.4) is 0 Å². The van der Waals surface area contributed by atoms with Gasteiger partial charge in [-0.05, 0) is 41.5 Å². The van der Waals surface area contributed by atoms with E-state index in [0.29, 0.717) is 22.2 Å². The van der Waals surface area contributed by atoms with Crippen molar-refractivity contribution in [2.75, 3.05) is 13.1 Å². The number of likely N-dealkylation sites (N-methyl/N-ethyl adjacent to an activating group) is 1. The van der Waals surface area contributed by atoms with E-state index in [1.165, 1.54) is 6.08 Å². The Morgan fingerprint density at radius 3 is 2.15 bits per heavy atom. The van der Waals surface area contributed by atoms with E-state index in [0.717, 1.165) is 15.3 Å². The molecule has 0 atom stereocenters. The summed E-state index contributed by atoms with van der Waals surface area (Å²) in [6, 6.07) is 13.8. The number of benzene rings is 2. The minimum absolute atomic E-state index is 0.182. The molecule has 1 N–H and O–H groups in total. The standard InChI is InChI=1S/C19H20Cl2N2O3S/c1-2-23(14-19(24)22-13-16-5-9-18(21)10-6-16)27(25,26)12-11-15-3-7-17(20)8-4-15/h3-12H,2,13-14H2,1H3,(H,22,24)/b12-11+. The highest BCUT2D eigenvalue weighted by atomic mass is 35.5. The Morgan fingerprint density at radius 1 is 1.04 bits per heavy atom. The molecule has 2 aromatic rings. The van der Waals surface area contributed by atoms with Crippen molar-refractivity contribution in [1.29, 1.82) is 0 Å². The van der Waals surface area contributed by atoms with Crippen LogP contribution in [0.2, 0.25) is 10.0 Å². The summed E-state index contributed by atoms with van der Waals surface area (Å²) in [5, 5.41) is 4.98. The van der Waals surface area contributed by atoms with Gasteiger partial charge in [-0.15, -0.1) is 0 Å². The Hall–Kier alpha value is -1.86. The lowest BCUT2D eigenvalue weighted by atomic mass is 10.2. The maximum absolute atomic E-state index is 12.5. The SMILES string of the molecule is CCN(CC(=O)NCc1ccc(Cl)cc1)S(=O)(=O)/C=C/c1ccc(Cl)cc1. The normalized spacial score (nSPS) is 11.9. The van der Waals surface area contributed by atoms with E-state index < -0.39 is 10.0 Å². The second kappa shape index (κ2) is 9.90. The number of carbonyl (C=O) groups excluding carboxylic acids is 1. The predicted octanol–water partition coefficient (Wildman–Crippen LogP) is 3.93. The molecule has 0 spiro atoms. The summed E-state index contributed by atoms with van der Waals surface area (Å²) in [5.74, 6) is -0.379. The second-order valence-electron chi connectivity index (χ2n) is 5.73. The van der Waals surface area contributed by atoms with Gasteiger partial charge in [-0.2, -0.15) is 4.31 Å². The first-order chi connectivity index (χ1) is 12.8. The minimum Gasteiger partial charge on any atom is -0.351 e. The van der Waals surface area contributed by atoms with Crippen LogP contribution < -0.4 is 5.32 Å². The smallest absolute Gasteiger partial charge is 0.236 e. The van der Waals surface area contributed by atoms with Gasteiger partial charge in [0, 0.05) is 28.5 Å². The number of amides is 1. The molecule has 144 valence electrons. The van der Waals surface area contributed by atoms with E-state index in [4.69, 9.17) is 23.2 Å². The molecular weight excluding hydrogens is 407 g/mol. The Labute approximate surface area is 169 Å². The van der Waals surface area contributed by atoms with Crippen LogP contribution in [0.5, 0.6) is 0 Å². The van der Waals surface area contributed by atoms with Crippen LogP contribution in [0.1, 0.15) is 18.1 Å². The fraction of sp³-hybridized carbons (Fsp3) is 0.211. The molecule has 27 heavy (non-hydrogen) atoms. The average molecular weight is 427 g/mol. The molecule has 0 bridgehead atoms. The molecular formula is C19H20Cl2N2O3S. The molecule has 0 heterocycles. The summed E-state index contributed by atoms with van der Waals surface area (Å²) >= 11 is 11.6. The van der Waals surface area contributed by atoms with Gasteiger partial charge in [0.25, 0.3) is 0 Å². The summed E-state index contributed by atoms with van der Waals surface area (Å²) in [5.41, 5.74) is 1.58. The zero-order valence-electron chi connectivity index (χ0n) is 14.7. The first-order valence-corrected chi connectivity index (χ1v) is 10.5. The average Bonchev–Trinajstić information content (AvgIpc) is 2.65. The van der Waals surface area contributed by atoms with E-state index in [9.17, 15) is 13.2 Å². The van der Waals surface area contributed by atoms with Crippen molar-refractivity contribution in [3.63, 3.8) is 0 Å². The summed E-state index contributed by atoms with van der Waals surface area (Å²) in [6.07, 6.45) is 1.47. The molecule has 1 amide bonds. The van der Waals surface area contributed by atoms with Crippen LogP contribution in [-0.4, -0.2) is 31.7 Å². The van der Waals surface area contributed by atoms with Crippen LogP contribution in [0, 0.1) is 0 Å². The molecule has 0 fully saturated rings. The lowest BCUT2D eigenvalue weighted by Crippen LogP contribution is -2.39. The van der Waals surface area contributed by atoms with Gasteiger partial charge in [-0.3, -0.25) is 4.79 Å². The van der Waals surface area contributed by atoms with Crippen LogP contribution in [-0.2, 0) is 21.4 Å². The maximum atomic E-state index is 12.5. The van der Waals surface area contributed by atoms with Crippen molar-refractivity contribution in [2.24, 2.45) is 0 Å². The molecule has 0 unspecified atom stereocenters. The molecule has 2 aromatic carbocycles. The van der Waals surface area contributed by atoms with Gasteiger partial charge in [0.2, 0.25) is 15.9 Å². The highest BCUT2D eigenvalue weighted by molar-refractivity contribution is 7.92. The Bertz CT molecular complexity index is 896. The third kappa shape index (κ3) is 6.99. The third-order valence-electron chi connectivity index (χ3n) is 3.74. The van der Waals surface area contributed by atoms with Gasteiger partial charge < -0.3 is 5.32 Å². The van der Waals surface area contributed by atoms with Crippen LogP contribution >= 0.6 is 23.2 Å². The lowest BCUT2D eigenvalue weighted by molar-refractivity contribution is -0.121. The van der Waals surface area contributed by atoms with Crippen LogP contribution in [0.4, 0.5) is 0 Å². The topological polar surface area (TPSA) is 66.5 Å². The lowest BCUT2D eigenvalue weighted by Gasteiger charge is -2.18. The first-order valence-electron chi connectivity index (χ1n) is 8.25. The molecule has 0 saturated heterocycles. The van der Waals surface area contributed by atoms with E-state index in [-0.39, 0.29) is 19.0 Å². The number of hydrogen-bond acceptors (Lipinski definition) is 3. The molecule has 8 heteroatoms. The van der Waals surface area contributed by atoms with E-state index in [1.807, 2.05) is 0 Å². The van der Waals surface area contributed by atoms with Crippen LogP contribution in [0.25, 0.3) is 6.08 Å². The van der Waals surface area contributed by atoms with Crippen molar-refractivity contribution in [2.45, 2.75) is 13.5 Å². The Kier molecular flexibility index (Phi) is 7.86. The summed E-state index contributed by atoms with van der Waals surface area (Å²) < 4.78 is 26.0. The Morgan fingerprint density at radius 2 is 1.59 bits per heavy atom. The van der Waals surface area contributed by atoms with Crippen molar-refractivity contribution >= 4 is 45.2 Å². The van der Waals surface area contributed by atoms with Gasteiger partial charge >= 0.3 is 0 Å². The number of carbonyl (C=O) groups is 1. The minimum atomic E-state index is -3.72. The Balaban J connectivity index is 1.96. The summed E-state index contributed by atoms with van der Waals surface area (Å²) in [6.45, 7) is 1.91. The second-order valence-corrected chi connectivity index (χ2v) is 8.42. The maximum Gasteiger partial charge on any atom is 0.236 e. The molecule has 0 aliphatic heterocycles. The van der Waals surface area contributed by atoms with Crippen LogP contribution in [0.15, 0.2) is 53.9 Å². The zero-order chi connectivity index (χ0) is 19.9. The third-order valence-corrected chi connectivity index (χ3v) is 5.83. The molecule has 5 nitrogen and oxygen atoms in total. The monoisotopic (exact) mass is 426 g/mol. The van der Waals surface area contributed by atoms with Crippen molar-refractivity contribution in [3.8, 4) is 0 Å². The van der Waals surface area contributed by atoms with Crippen molar-refractivity contribution in [3.05, 3.63) is 75.1 Å². The molecule has 0 radical (unpaired) electrons. The largest absolute Gasteiger partial charge is 0.351 e. The molecule has 0 aliphatic carbocycles. The number of nitrogens with one attached hydrogen (secondary N) is 1. The first kappa shape index (κ1) is 21.4. The predicted molar refractivity (Wildman–Crippen MR) is 110 cm³/mol. The number of halogens is 2. The van der Waals surface area contributed by atoms with Gasteiger partial charge in [0.1, 0.15) is 0 Å². The molecule has 2 rings (SSSR count). The van der Waals surface area contributed by atoms with Gasteiger partial charge in [0.15, 0.2) is 0 Å². The van der Waals surface area contributed by atoms with Gasteiger partial charge in [0.05, 0.1) is 6.54 Å². The quantitative estimate of drug-likeness (QED) is 0.694. The summed E-state index contributed by atoms with van der Waals surface area (Å²) in [7, 11) is -3.72. The highest BCUT2D eigenvalue weighted by Crippen LogP contribution is 2.13. The van der Waals surface area contributed by atoms with E-state index >= 15 is 0 Å². The fourth-order valence-corrected chi connectivity index (χ4v) is 3.64. The number of hydrogen-bond donors (Lipinski definition) is 1. The summed E-state index contributed by atoms with van der Waals surface area (Å²) in [4.78, 5) is 12.1. The zero-order valence-corrected chi connectivity index (χ0v) is 17.1. The highest BCUT2D eigenvalue weighted by Gasteiger charge is 2.20. The molecule has 0 saturated carbocycles. The fourth-order valence-electron chi connectivity index (χ4n) is 2.23. The van der Waals surface area contributed by atoms with E-state index in [2.05, 4.69) is 5.32 Å².